The normalized spacial score (nSPS) is 16.8. The zero-order valence-corrected chi connectivity index (χ0v) is 10.9. The van der Waals surface area contributed by atoms with Crippen LogP contribution < -0.4 is 10.6 Å². The number of benzene rings is 1. The van der Waals surface area contributed by atoms with Crippen LogP contribution in [0.25, 0.3) is 0 Å². The van der Waals surface area contributed by atoms with E-state index in [1.54, 1.807) is 6.07 Å². The highest BCUT2D eigenvalue weighted by Crippen LogP contribution is 2.26. The summed E-state index contributed by atoms with van der Waals surface area (Å²) in [6.07, 6.45) is 3.37. The molecule has 1 saturated heterocycles. The van der Waals surface area contributed by atoms with Gasteiger partial charge in [0.05, 0.1) is 11.4 Å². The van der Waals surface area contributed by atoms with Crippen molar-refractivity contribution < 1.29 is 9.13 Å². The molecule has 1 aliphatic rings. The van der Waals surface area contributed by atoms with Gasteiger partial charge in [0.1, 0.15) is 5.82 Å². The van der Waals surface area contributed by atoms with E-state index in [1.165, 1.54) is 6.07 Å². The minimum Gasteiger partial charge on any atom is -0.395 e. The van der Waals surface area contributed by atoms with Crippen LogP contribution in [-0.2, 0) is 4.74 Å². The van der Waals surface area contributed by atoms with Gasteiger partial charge in [-0.2, -0.15) is 0 Å². The molecule has 0 aliphatic carbocycles. The minimum absolute atomic E-state index is 0.243. The lowest BCUT2D eigenvalue weighted by atomic mass is 9.96. The van der Waals surface area contributed by atoms with Crippen LogP contribution in [0.4, 0.5) is 15.8 Å². The van der Waals surface area contributed by atoms with Crippen LogP contribution in [0.2, 0.25) is 0 Å². The van der Waals surface area contributed by atoms with Crippen molar-refractivity contribution in [3.05, 3.63) is 24.0 Å². The molecule has 18 heavy (non-hydrogen) atoms. The topological polar surface area (TPSA) is 38.5 Å². The summed E-state index contributed by atoms with van der Waals surface area (Å²) in [6.45, 7) is 2.64. The maximum atomic E-state index is 13.4. The lowest BCUT2D eigenvalue weighted by molar-refractivity contribution is 0.0645. The molecular formula is C14H21FN2O. The van der Waals surface area contributed by atoms with Gasteiger partial charge in [0, 0.05) is 26.8 Å². The van der Waals surface area contributed by atoms with E-state index in [0.29, 0.717) is 0 Å². The number of para-hydroxylation sites is 1. The van der Waals surface area contributed by atoms with Crippen molar-refractivity contribution in [3.63, 3.8) is 0 Å². The number of halogens is 1. The first-order valence-electron chi connectivity index (χ1n) is 6.51. The fourth-order valence-corrected chi connectivity index (χ4v) is 2.39. The second kappa shape index (κ2) is 6.05. The fourth-order valence-electron chi connectivity index (χ4n) is 2.39. The highest BCUT2D eigenvalue weighted by atomic mass is 19.1. The zero-order valence-electron chi connectivity index (χ0n) is 10.9. The zero-order chi connectivity index (χ0) is 13.0. The van der Waals surface area contributed by atoms with Gasteiger partial charge in [-0.05, 0) is 37.3 Å². The summed E-state index contributed by atoms with van der Waals surface area (Å²) in [4.78, 5) is 2.04. The summed E-state index contributed by atoms with van der Waals surface area (Å²) in [6, 6.07) is 4.96. The second-order valence-corrected chi connectivity index (χ2v) is 4.94. The molecule has 0 spiro atoms. The summed E-state index contributed by atoms with van der Waals surface area (Å²) in [7, 11) is 1.96. The molecule has 1 aromatic rings. The molecule has 1 aromatic carbocycles. The number of hydrogen-bond donors (Lipinski definition) is 1. The molecule has 0 radical (unpaired) electrons. The van der Waals surface area contributed by atoms with Gasteiger partial charge in [-0.25, -0.2) is 4.39 Å². The van der Waals surface area contributed by atoms with Crippen molar-refractivity contribution in [2.75, 3.05) is 37.4 Å². The van der Waals surface area contributed by atoms with Gasteiger partial charge in [0.2, 0.25) is 0 Å². The van der Waals surface area contributed by atoms with E-state index in [-0.39, 0.29) is 11.5 Å². The number of hydrogen-bond acceptors (Lipinski definition) is 3. The maximum Gasteiger partial charge on any atom is 0.148 e. The van der Waals surface area contributed by atoms with Crippen LogP contribution in [0.15, 0.2) is 18.2 Å². The second-order valence-electron chi connectivity index (χ2n) is 4.94. The van der Waals surface area contributed by atoms with Gasteiger partial charge in [0.15, 0.2) is 0 Å². The van der Waals surface area contributed by atoms with Crippen LogP contribution >= 0.6 is 0 Å². The Hall–Kier alpha value is -1.29. The summed E-state index contributed by atoms with van der Waals surface area (Å²) in [5, 5.41) is 0. The van der Waals surface area contributed by atoms with Crippen molar-refractivity contribution >= 4 is 11.4 Å². The minimum atomic E-state index is -0.342. The number of ether oxygens (including phenoxy) is 1. The molecule has 2 rings (SSSR count). The van der Waals surface area contributed by atoms with Gasteiger partial charge in [0.25, 0.3) is 0 Å². The van der Waals surface area contributed by atoms with Crippen LogP contribution in [0, 0.1) is 11.7 Å². The SMILES string of the molecule is CN(CCC1CCOCC1)c1cccc(F)c1N. The molecule has 2 N–H and O–H groups in total. The summed E-state index contributed by atoms with van der Waals surface area (Å²) in [5.41, 5.74) is 6.78. The molecule has 1 fully saturated rings. The third-order valence-electron chi connectivity index (χ3n) is 3.65. The van der Waals surface area contributed by atoms with Gasteiger partial charge >= 0.3 is 0 Å². The van der Waals surface area contributed by atoms with Crippen molar-refractivity contribution in [3.8, 4) is 0 Å². The van der Waals surface area contributed by atoms with Crippen molar-refractivity contribution in [2.24, 2.45) is 5.92 Å². The van der Waals surface area contributed by atoms with Crippen molar-refractivity contribution in [1.82, 2.24) is 0 Å². The number of anilines is 2. The van der Waals surface area contributed by atoms with Gasteiger partial charge in [-0.15, -0.1) is 0 Å². The third kappa shape index (κ3) is 3.13. The van der Waals surface area contributed by atoms with Gasteiger partial charge in [-0.1, -0.05) is 6.07 Å². The highest BCUT2D eigenvalue weighted by Gasteiger charge is 2.15. The predicted molar refractivity (Wildman–Crippen MR) is 72.2 cm³/mol. The molecule has 4 heteroatoms. The molecule has 0 amide bonds. The van der Waals surface area contributed by atoms with E-state index < -0.39 is 0 Å². The lowest BCUT2D eigenvalue weighted by Crippen LogP contribution is -2.25. The monoisotopic (exact) mass is 252 g/mol. The number of nitrogens with two attached hydrogens (primary N) is 1. The average Bonchev–Trinajstić information content (AvgIpc) is 2.40. The van der Waals surface area contributed by atoms with Gasteiger partial charge in [-0.3, -0.25) is 0 Å². The first-order chi connectivity index (χ1) is 8.68. The molecule has 0 bridgehead atoms. The van der Waals surface area contributed by atoms with E-state index in [2.05, 4.69) is 0 Å². The quantitative estimate of drug-likeness (QED) is 0.837. The molecule has 1 aliphatic heterocycles. The molecule has 0 aromatic heterocycles. The van der Waals surface area contributed by atoms with Crippen LogP contribution in [0.1, 0.15) is 19.3 Å². The molecule has 1 heterocycles. The van der Waals surface area contributed by atoms with E-state index in [9.17, 15) is 4.39 Å². The summed E-state index contributed by atoms with van der Waals surface area (Å²) in [5.74, 6) is 0.376. The Morgan fingerprint density at radius 1 is 1.39 bits per heavy atom. The number of nitrogen functional groups attached to an aromatic ring is 1. The molecule has 0 atom stereocenters. The molecule has 0 saturated carbocycles. The van der Waals surface area contributed by atoms with Crippen molar-refractivity contribution in [1.29, 1.82) is 0 Å². The Labute approximate surface area is 108 Å². The molecule has 3 nitrogen and oxygen atoms in total. The average molecular weight is 252 g/mol. The van der Waals surface area contributed by atoms with Gasteiger partial charge < -0.3 is 15.4 Å². The van der Waals surface area contributed by atoms with E-state index >= 15 is 0 Å². The Balaban J connectivity index is 1.90. The summed E-state index contributed by atoms with van der Waals surface area (Å²) >= 11 is 0. The van der Waals surface area contributed by atoms with Crippen LogP contribution in [0.5, 0.6) is 0 Å². The Kier molecular flexibility index (Phi) is 4.42. The number of rotatable bonds is 4. The Bertz CT molecular complexity index is 391. The third-order valence-corrected chi connectivity index (χ3v) is 3.65. The number of nitrogens with zero attached hydrogens (tertiary/aromatic N) is 1. The summed E-state index contributed by atoms with van der Waals surface area (Å²) < 4.78 is 18.7. The standard InChI is InChI=1S/C14H21FN2O/c1-17(8-5-11-6-9-18-10-7-11)13-4-2-3-12(15)14(13)16/h2-4,11H,5-10,16H2,1H3. The fraction of sp³-hybridized carbons (Fsp3) is 0.571. The highest BCUT2D eigenvalue weighted by molar-refractivity contribution is 5.67. The molecule has 100 valence electrons. The van der Waals surface area contributed by atoms with E-state index in [4.69, 9.17) is 10.5 Å². The molecular weight excluding hydrogens is 231 g/mol. The largest absolute Gasteiger partial charge is 0.395 e. The lowest BCUT2D eigenvalue weighted by Gasteiger charge is -2.26. The van der Waals surface area contributed by atoms with E-state index in [1.807, 2.05) is 18.0 Å². The van der Waals surface area contributed by atoms with E-state index in [0.717, 1.165) is 50.6 Å². The Morgan fingerprint density at radius 2 is 2.11 bits per heavy atom. The smallest absolute Gasteiger partial charge is 0.148 e. The molecule has 0 unspecified atom stereocenters. The maximum absolute atomic E-state index is 13.4. The predicted octanol–water partition coefficient (Wildman–Crippen LogP) is 2.66. The Morgan fingerprint density at radius 3 is 2.83 bits per heavy atom. The van der Waals surface area contributed by atoms with Crippen molar-refractivity contribution in [2.45, 2.75) is 19.3 Å². The van der Waals surface area contributed by atoms with Crippen LogP contribution in [-0.4, -0.2) is 26.8 Å². The first-order valence-corrected chi connectivity index (χ1v) is 6.51. The first kappa shape index (κ1) is 13.1. The van der Waals surface area contributed by atoms with Crippen LogP contribution in [0.3, 0.4) is 0 Å².